The molecule has 0 bridgehead atoms. The average molecular weight is 352 g/mol. The standard InChI is InChI=1S/C20H20N2O2S/c1-15(16-6-4-3-5-7-16)22(2)20(23)17-8-10-19(11-9-17)24-12-18-13-25-14-21-18/h3-11,13-15H,12H2,1-2H3. The molecule has 3 aromatic rings. The second kappa shape index (κ2) is 7.94. The molecular weight excluding hydrogens is 332 g/mol. The molecule has 1 atom stereocenters. The lowest BCUT2D eigenvalue weighted by atomic mass is 10.1. The van der Waals surface area contributed by atoms with Crippen molar-refractivity contribution in [2.45, 2.75) is 19.6 Å². The third-order valence-corrected chi connectivity index (χ3v) is 4.79. The van der Waals surface area contributed by atoms with Gasteiger partial charge in [0.05, 0.1) is 17.2 Å². The van der Waals surface area contributed by atoms with E-state index in [0.717, 1.165) is 17.0 Å². The third kappa shape index (κ3) is 4.25. The minimum Gasteiger partial charge on any atom is -0.487 e. The topological polar surface area (TPSA) is 42.4 Å². The number of amides is 1. The van der Waals surface area contributed by atoms with Crippen molar-refractivity contribution in [3.05, 3.63) is 82.3 Å². The van der Waals surface area contributed by atoms with Gasteiger partial charge in [-0.1, -0.05) is 30.3 Å². The first-order valence-corrected chi connectivity index (χ1v) is 9.01. The van der Waals surface area contributed by atoms with Gasteiger partial charge in [-0.3, -0.25) is 4.79 Å². The highest BCUT2D eigenvalue weighted by molar-refractivity contribution is 7.07. The fourth-order valence-electron chi connectivity index (χ4n) is 2.49. The third-order valence-electron chi connectivity index (χ3n) is 4.15. The predicted octanol–water partition coefficient (Wildman–Crippen LogP) is 4.56. The largest absolute Gasteiger partial charge is 0.487 e. The number of rotatable bonds is 6. The molecule has 0 aliphatic rings. The molecule has 0 saturated carbocycles. The minimum absolute atomic E-state index is 0.00860. The molecule has 5 heteroatoms. The van der Waals surface area contributed by atoms with Crippen molar-refractivity contribution in [2.24, 2.45) is 0 Å². The maximum absolute atomic E-state index is 12.7. The first-order valence-electron chi connectivity index (χ1n) is 8.07. The number of nitrogens with zero attached hydrogens (tertiary/aromatic N) is 2. The second-order valence-corrected chi connectivity index (χ2v) is 6.51. The van der Waals surface area contributed by atoms with E-state index in [1.165, 1.54) is 0 Å². The lowest BCUT2D eigenvalue weighted by Crippen LogP contribution is -2.29. The molecule has 1 heterocycles. The van der Waals surface area contributed by atoms with Crippen LogP contribution in [0.25, 0.3) is 0 Å². The van der Waals surface area contributed by atoms with Crippen LogP contribution in [0.1, 0.15) is 34.6 Å². The minimum atomic E-state index is -0.0117. The molecule has 0 N–H and O–H groups in total. The van der Waals surface area contributed by atoms with Crippen LogP contribution in [0.5, 0.6) is 5.75 Å². The highest BCUT2D eigenvalue weighted by atomic mass is 32.1. The number of aromatic nitrogens is 1. The summed E-state index contributed by atoms with van der Waals surface area (Å²) in [5.41, 5.74) is 4.44. The van der Waals surface area contributed by atoms with Crippen molar-refractivity contribution in [1.29, 1.82) is 0 Å². The van der Waals surface area contributed by atoms with Crippen molar-refractivity contribution < 1.29 is 9.53 Å². The number of ether oxygens (including phenoxy) is 1. The van der Waals surface area contributed by atoms with Gasteiger partial charge in [0.25, 0.3) is 5.91 Å². The van der Waals surface area contributed by atoms with E-state index in [9.17, 15) is 4.79 Å². The summed E-state index contributed by atoms with van der Waals surface area (Å²) in [7, 11) is 1.83. The lowest BCUT2D eigenvalue weighted by Gasteiger charge is -2.25. The monoisotopic (exact) mass is 352 g/mol. The molecule has 0 spiro atoms. The van der Waals surface area contributed by atoms with Crippen LogP contribution >= 0.6 is 11.3 Å². The summed E-state index contributed by atoms with van der Waals surface area (Å²) in [6.07, 6.45) is 0. The Hall–Kier alpha value is -2.66. The normalized spacial score (nSPS) is 11.8. The molecule has 1 amide bonds. The summed E-state index contributed by atoms with van der Waals surface area (Å²) in [4.78, 5) is 18.6. The zero-order valence-electron chi connectivity index (χ0n) is 14.3. The molecular formula is C20H20N2O2S. The Morgan fingerprint density at radius 1 is 1.16 bits per heavy atom. The zero-order valence-corrected chi connectivity index (χ0v) is 15.1. The Kier molecular flexibility index (Phi) is 5.46. The lowest BCUT2D eigenvalue weighted by molar-refractivity contribution is 0.0742. The van der Waals surface area contributed by atoms with Crippen LogP contribution in [-0.4, -0.2) is 22.8 Å². The van der Waals surface area contributed by atoms with Gasteiger partial charge in [-0.15, -0.1) is 11.3 Å². The molecule has 0 aliphatic carbocycles. The Labute approximate surface area is 151 Å². The fraction of sp³-hybridized carbons (Fsp3) is 0.200. The number of hydrogen-bond acceptors (Lipinski definition) is 4. The van der Waals surface area contributed by atoms with E-state index in [2.05, 4.69) is 4.98 Å². The van der Waals surface area contributed by atoms with E-state index in [1.807, 2.05) is 61.8 Å². The summed E-state index contributed by atoms with van der Waals surface area (Å²) >= 11 is 1.54. The van der Waals surface area contributed by atoms with Crippen molar-refractivity contribution in [1.82, 2.24) is 9.88 Å². The van der Waals surface area contributed by atoms with Gasteiger partial charge in [-0.25, -0.2) is 4.98 Å². The summed E-state index contributed by atoms with van der Waals surface area (Å²) in [5.74, 6) is 0.714. The summed E-state index contributed by atoms with van der Waals surface area (Å²) in [6, 6.07) is 17.3. The molecule has 0 radical (unpaired) electrons. The SMILES string of the molecule is CC(c1ccccc1)N(C)C(=O)c1ccc(OCc2cscn2)cc1. The molecule has 2 aromatic carbocycles. The highest BCUT2D eigenvalue weighted by Crippen LogP contribution is 2.21. The molecule has 4 nitrogen and oxygen atoms in total. The fourth-order valence-corrected chi connectivity index (χ4v) is 3.04. The van der Waals surface area contributed by atoms with Crippen molar-refractivity contribution in [3.63, 3.8) is 0 Å². The number of benzene rings is 2. The molecule has 0 aliphatic heterocycles. The maximum atomic E-state index is 12.7. The molecule has 128 valence electrons. The second-order valence-electron chi connectivity index (χ2n) is 5.80. The molecule has 0 saturated heterocycles. The van der Waals surface area contributed by atoms with Crippen LogP contribution < -0.4 is 4.74 Å². The Bertz CT molecular complexity index is 801. The van der Waals surface area contributed by atoms with Gasteiger partial charge in [-0.2, -0.15) is 0 Å². The average Bonchev–Trinajstić information content (AvgIpc) is 3.19. The van der Waals surface area contributed by atoms with E-state index < -0.39 is 0 Å². The number of thiazole rings is 1. The van der Waals surface area contributed by atoms with Gasteiger partial charge in [0.2, 0.25) is 0 Å². The van der Waals surface area contributed by atoms with E-state index in [-0.39, 0.29) is 11.9 Å². The smallest absolute Gasteiger partial charge is 0.254 e. The first-order chi connectivity index (χ1) is 12.1. The quantitative estimate of drug-likeness (QED) is 0.653. The van der Waals surface area contributed by atoms with Gasteiger partial charge in [0, 0.05) is 18.0 Å². The van der Waals surface area contributed by atoms with Gasteiger partial charge in [-0.05, 0) is 36.8 Å². The molecule has 0 fully saturated rings. The van der Waals surface area contributed by atoms with Crippen LogP contribution in [0, 0.1) is 0 Å². The van der Waals surface area contributed by atoms with Crippen LogP contribution in [-0.2, 0) is 6.61 Å². The summed E-state index contributed by atoms with van der Waals surface area (Å²) in [6.45, 7) is 2.46. The van der Waals surface area contributed by atoms with Gasteiger partial charge in [0.15, 0.2) is 0 Å². The highest BCUT2D eigenvalue weighted by Gasteiger charge is 2.18. The van der Waals surface area contributed by atoms with Crippen LogP contribution in [0.2, 0.25) is 0 Å². The van der Waals surface area contributed by atoms with E-state index in [1.54, 1.807) is 33.9 Å². The Balaban J connectivity index is 1.63. The first kappa shape index (κ1) is 17.2. The van der Waals surface area contributed by atoms with Gasteiger partial charge >= 0.3 is 0 Å². The van der Waals surface area contributed by atoms with E-state index in [0.29, 0.717) is 12.2 Å². The number of hydrogen-bond donors (Lipinski definition) is 0. The Morgan fingerprint density at radius 3 is 2.52 bits per heavy atom. The van der Waals surface area contributed by atoms with Crippen molar-refractivity contribution >= 4 is 17.2 Å². The Morgan fingerprint density at radius 2 is 1.88 bits per heavy atom. The molecule has 1 unspecified atom stereocenters. The molecule has 1 aromatic heterocycles. The molecule has 3 rings (SSSR count). The van der Waals surface area contributed by atoms with Crippen LogP contribution in [0.3, 0.4) is 0 Å². The number of carbonyl (C=O) groups is 1. The molecule has 25 heavy (non-hydrogen) atoms. The predicted molar refractivity (Wildman–Crippen MR) is 99.8 cm³/mol. The zero-order chi connectivity index (χ0) is 17.6. The summed E-state index contributed by atoms with van der Waals surface area (Å²) in [5, 5.41) is 1.96. The number of carbonyl (C=O) groups excluding carboxylic acids is 1. The van der Waals surface area contributed by atoms with Gasteiger partial charge in [0.1, 0.15) is 12.4 Å². The van der Waals surface area contributed by atoms with Crippen LogP contribution in [0.4, 0.5) is 0 Å². The summed E-state index contributed by atoms with van der Waals surface area (Å²) < 4.78 is 5.68. The van der Waals surface area contributed by atoms with E-state index in [4.69, 9.17) is 4.74 Å². The van der Waals surface area contributed by atoms with Crippen molar-refractivity contribution in [2.75, 3.05) is 7.05 Å². The van der Waals surface area contributed by atoms with Crippen molar-refractivity contribution in [3.8, 4) is 5.75 Å². The van der Waals surface area contributed by atoms with Crippen LogP contribution in [0.15, 0.2) is 65.5 Å². The van der Waals surface area contributed by atoms with E-state index >= 15 is 0 Å². The van der Waals surface area contributed by atoms with Gasteiger partial charge < -0.3 is 9.64 Å². The maximum Gasteiger partial charge on any atom is 0.254 e.